The third kappa shape index (κ3) is 1.67. The summed E-state index contributed by atoms with van der Waals surface area (Å²) in [6, 6.07) is 16.0. The molecule has 0 bridgehead atoms. The van der Waals surface area contributed by atoms with Gasteiger partial charge in [0.1, 0.15) is 5.75 Å². The molecule has 2 aromatic heterocycles. The standard InChI is InChI=1S/C21H17N3O2/c1-24-14-10-6-4-8-12(14)16-19(24)18-15(17(21(22)25)20(16)26-2)11-7-3-5-9-13(11)23-18/h3-10,23H,1-2H3,(H2,22,25). The fourth-order valence-corrected chi connectivity index (χ4v) is 4.17. The minimum absolute atomic E-state index is 0.420. The van der Waals surface area contributed by atoms with E-state index >= 15 is 0 Å². The monoisotopic (exact) mass is 343 g/mol. The molecule has 3 N–H and O–H groups in total. The van der Waals surface area contributed by atoms with Crippen LogP contribution >= 0.6 is 0 Å². The number of fused-ring (bicyclic) bond motifs is 7. The van der Waals surface area contributed by atoms with Gasteiger partial charge in [-0.05, 0) is 12.1 Å². The molecule has 0 aliphatic rings. The van der Waals surface area contributed by atoms with Crippen LogP contribution in [0.2, 0.25) is 0 Å². The Balaban J connectivity index is 2.22. The van der Waals surface area contributed by atoms with Crippen LogP contribution in [0.15, 0.2) is 48.5 Å². The van der Waals surface area contributed by atoms with Gasteiger partial charge >= 0.3 is 0 Å². The zero-order valence-electron chi connectivity index (χ0n) is 14.5. The van der Waals surface area contributed by atoms with Crippen LogP contribution in [-0.2, 0) is 7.05 Å². The summed E-state index contributed by atoms with van der Waals surface area (Å²) in [7, 11) is 3.61. The predicted octanol–water partition coefficient (Wildman–Crippen LogP) is 4.07. The molecule has 3 aromatic carbocycles. The molecule has 5 heteroatoms. The van der Waals surface area contributed by atoms with Gasteiger partial charge in [0.05, 0.1) is 29.1 Å². The molecule has 5 aromatic rings. The number of nitrogens with zero attached hydrogens (tertiary/aromatic N) is 1. The molecule has 2 heterocycles. The lowest BCUT2D eigenvalue weighted by molar-refractivity contribution is 0.0999. The first-order valence-electron chi connectivity index (χ1n) is 8.40. The molecule has 0 aliphatic heterocycles. The first-order valence-corrected chi connectivity index (χ1v) is 8.40. The van der Waals surface area contributed by atoms with Gasteiger partial charge < -0.3 is 20.0 Å². The SMILES string of the molecule is COc1c(C(N)=O)c2c3ccccc3[nH]c2c2c1c1ccccc1n2C. The second-order valence-electron chi connectivity index (χ2n) is 6.49. The first kappa shape index (κ1) is 14.8. The number of aromatic nitrogens is 2. The van der Waals surface area contributed by atoms with Gasteiger partial charge in [0.2, 0.25) is 0 Å². The van der Waals surface area contributed by atoms with Crippen molar-refractivity contribution >= 4 is 49.5 Å². The highest BCUT2D eigenvalue weighted by Gasteiger charge is 2.26. The average molecular weight is 343 g/mol. The van der Waals surface area contributed by atoms with E-state index < -0.39 is 5.91 Å². The molecule has 1 amide bonds. The summed E-state index contributed by atoms with van der Waals surface area (Å²) >= 11 is 0. The van der Waals surface area contributed by atoms with Gasteiger partial charge in [-0.25, -0.2) is 0 Å². The summed E-state index contributed by atoms with van der Waals surface area (Å²) in [6.07, 6.45) is 0. The largest absolute Gasteiger partial charge is 0.495 e. The number of primary amides is 1. The summed E-state index contributed by atoms with van der Waals surface area (Å²) in [6.45, 7) is 0. The number of nitrogens with two attached hydrogens (primary N) is 1. The van der Waals surface area contributed by atoms with E-state index in [1.54, 1.807) is 7.11 Å². The fraction of sp³-hybridized carbons (Fsp3) is 0.0952. The van der Waals surface area contributed by atoms with Crippen molar-refractivity contribution in [3.63, 3.8) is 0 Å². The minimum Gasteiger partial charge on any atom is -0.495 e. The molecule has 0 radical (unpaired) electrons. The van der Waals surface area contributed by atoms with Gasteiger partial charge in [-0.15, -0.1) is 0 Å². The molecule has 0 aliphatic carbocycles. The van der Waals surface area contributed by atoms with Crippen LogP contribution in [0.5, 0.6) is 5.75 Å². The molecule has 0 saturated carbocycles. The van der Waals surface area contributed by atoms with E-state index in [-0.39, 0.29) is 0 Å². The maximum absolute atomic E-state index is 12.4. The lowest BCUT2D eigenvalue weighted by Gasteiger charge is -2.11. The number of benzene rings is 3. The Labute approximate surface area is 148 Å². The molecule has 0 unspecified atom stereocenters. The fourth-order valence-electron chi connectivity index (χ4n) is 4.17. The van der Waals surface area contributed by atoms with Crippen molar-refractivity contribution in [2.45, 2.75) is 0 Å². The third-order valence-corrected chi connectivity index (χ3v) is 5.20. The Morgan fingerprint density at radius 3 is 2.46 bits per heavy atom. The van der Waals surface area contributed by atoms with Crippen LogP contribution in [0.25, 0.3) is 43.6 Å². The second-order valence-corrected chi connectivity index (χ2v) is 6.49. The number of aryl methyl sites for hydroxylation is 1. The number of hydrogen-bond donors (Lipinski definition) is 2. The number of carbonyl (C=O) groups excluding carboxylic acids is 1. The maximum Gasteiger partial charge on any atom is 0.253 e. The van der Waals surface area contributed by atoms with Crippen LogP contribution in [0, 0.1) is 0 Å². The number of hydrogen-bond acceptors (Lipinski definition) is 2. The lowest BCUT2D eigenvalue weighted by Crippen LogP contribution is -2.13. The summed E-state index contributed by atoms with van der Waals surface area (Å²) in [5.41, 5.74) is 10.2. The lowest BCUT2D eigenvalue weighted by atomic mass is 10.00. The van der Waals surface area contributed by atoms with Crippen LogP contribution in [0.4, 0.5) is 0 Å². The van der Waals surface area contributed by atoms with Gasteiger partial charge in [-0.2, -0.15) is 0 Å². The summed E-state index contributed by atoms with van der Waals surface area (Å²) < 4.78 is 7.87. The number of amides is 1. The highest BCUT2D eigenvalue weighted by Crippen LogP contribution is 2.44. The molecule has 0 spiro atoms. The van der Waals surface area contributed by atoms with Gasteiger partial charge in [-0.1, -0.05) is 36.4 Å². The Hall–Kier alpha value is -3.47. The van der Waals surface area contributed by atoms with Crippen LogP contribution < -0.4 is 10.5 Å². The predicted molar refractivity (Wildman–Crippen MR) is 105 cm³/mol. The smallest absolute Gasteiger partial charge is 0.253 e. The number of methoxy groups -OCH3 is 1. The van der Waals surface area contributed by atoms with Gasteiger partial charge in [0.25, 0.3) is 5.91 Å². The molecule has 128 valence electrons. The average Bonchev–Trinajstić information content (AvgIpc) is 3.17. The topological polar surface area (TPSA) is 73.0 Å². The highest BCUT2D eigenvalue weighted by molar-refractivity contribution is 6.30. The normalized spacial score (nSPS) is 11.8. The Bertz CT molecular complexity index is 1360. The van der Waals surface area contributed by atoms with Crippen molar-refractivity contribution in [1.29, 1.82) is 0 Å². The number of aromatic amines is 1. The molecular weight excluding hydrogens is 326 g/mol. The molecule has 5 rings (SSSR count). The van der Waals surface area contributed by atoms with E-state index in [2.05, 4.69) is 15.6 Å². The Morgan fingerprint density at radius 2 is 1.73 bits per heavy atom. The molecule has 26 heavy (non-hydrogen) atoms. The zero-order valence-corrected chi connectivity index (χ0v) is 14.5. The van der Waals surface area contributed by atoms with Gasteiger partial charge in [0.15, 0.2) is 0 Å². The zero-order chi connectivity index (χ0) is 18.0. The Kier molecular flexibility index (Phi) is 2.86. The quantitative estimate of drug-likeness (QED) is 0.507. The number of nitrogens with one attached hydrogen (secondary N) is 1. The van der Waals surface area contributed by atoms with Crippen molar-refractivity contribution in [3.05, 3.63) is 54.1 Å². The number of H-pyrrole nitrogens is 1. The number of para-hydroxylation sites is 2. The van der Waals surface area contributed by atoms with Crippen molar-refractivity contribution in [2.75, 3.05) is 7.11 Å². The molecule has 0 atom stereocenters. The van der Waals surface area contributed by atoms with Crippen LogP contribution in [-0.4, -0.2) is 22.6 Å². The van der Waals surface area contributed by atoms with Gasteiger partial charge in [0, 0.05) is 34.2 Å². The van der Waals surface area contributed by atoms with Crippen LogP contribution in [0.1, 0.15) is 10.4 Å². The molecule has 0 fully saturated rings. The van der Waals surface area contributed by atoms with E-state index in [4.69, 9.17) is 10.5 Å². The number of carbonyl (C=O) groups is 1. The van der Waals surface area contributed by atoms with E-state index in [1.165, 1.54) is 0 Å². The third-order valence-electron chi connectivity index (χ3n) is 5.20. The number of rotatable bonds is 2. The second kappa shape index (κ2) is 5.02. The minimum atomic E-state index is -0.494. The van der Waals surface area contributed by atoms with E-state index in [0.29, 0.717) is 11.3 Å². The molecular formula is C21H17N3O2. The van der Waals surface area contributed by atoms with Crippen molar-refractivity contribution in [3.8, 4) is 5.75 Å². The van der Waals surface area contributed by atoms with E-state index in [0.717, 1.165) is 43.6 Å². The highest BCUT2D eigenvalue weighted by atomic mass is 16.5. The summed E-state index contributed by atoms with van der Waals surface area (Å²) in [4.78, 5) is 15.9. The summed E-state index contributed by atoms with van der Waals surface area (Å²) in [5, 5.41) is 3.70. The van der Waals surface area contributed by atoms with Crippen LogP contribution in [0.3, 0.4) is 0 Å². The molecule has 5 nitrogen and oxygen atoms in total. The maximum atomic E-state index is 12.4. The molecule has 0 saturated heterocycles. The van der Waals surface area contributed by atoms with Crippen molar-refractivity contribution < 1.29 is 9.53 Å². The van der Waals surface area contributed by atoms with E-state index in [1.807, 2.05) is 49.5 Å². The number of ether oxygens (including phenoxy) is 1. The van der Waals surface area contributed by atoms with E-state index in [9.17, 15) is 4.79 Å². The summed E-state index contributed by atoms with van der Waals surface area (Å²) in [5.74, 6) is 0.0352. The van der Waals surface area contributed by atoms with Crippen molar-refractivity contribution in [1.82, 2.24) is 9.55 Å². The Morgan fingerprint density at radius 1 is 1.04 bits per heavy atom. The first-order chi connectivity index (χ1) is 12.6. The van der Waals surface area contributed by atoms with Gasteiger partial charge in [-0.3, -0.25) is 4.79 Å². The van der Waals surface area contributed by atoms with Crippen molar-refractivity contribution in [2.24, 2.45) is 12.8 Å².